The van der Waals surface area contributed by atoms with Crippen molar-refractivity contribution >= 4 is 27.0 Å². The summed E-state index contributed by atoms with van der Waals surface area (Å²) < 4.78 is 51.6. The number of rotatable bonds is 6. The molecule has 0 amide bonds. The van der Waals surface area contributed by atoms with E-state index in [1.54, 1.807) is 7.11 Å². The van der Waals surface area contributed by atoms with Crippen LogP contribution < -0.4 is 9.47 Å². The Hall–Kier alpha value is -2.26. The van der Waals surface area contributed by atoms with Crippen molar-refractivity contribution in [3.8, 4) is 11.5 Å². The van der Waals surface area contributed by atoms with Crippen molar-refractivity contribution in [3.05, 3.63) is 52.3 Å². The van der Waals surface area contributed by atoms with Crippen LogP contribution in [0.4, 0.5) is 13.2 Å². The Kier molecular flexibility index (Phi) is 5.38. The maximum atomic E-state index is 12.3. The fraction of sp³-hybridized carbons (Fsp3) is 0.235. The smallest absolute Gasteiger partial charge is 0.497 e. The van der Waals surface area contributed by atoms with Crippen molar-refractivity contribution < 1.29 is 27.4 Å². The van der Waals surface area contributed by atoms with E-state index in [1.807, 2.05) is 18.2 Å². The Morgan fingerprint density at radius 3 is 2.62 bits per heavy atom. The fourth-order valence-corrected chi connectivity index (χ4v) is 2.85. The zero-order valence-electron chi connectivity index (χ0n) is 13.6. The molecule has 0 saturated carbocycles. The maximum Gasteiger partial charge on any atom is 0.573 e. The number of methoxy groups -OCH3 is 1. The molecule has 26 heavy (non-hydrogen) atoms. The van der Waals surface area contributed by atoms with Crippen LogP contribution in [0.3, 0.4) is 0 Å². The Morgan fingerprint density at radius 1 is 1.12 bits per heavy atom. The molecule has 2 aromatic carbocycles. The molecule has 1 aromatic heterocycles. The molecule has 3 aromatic rings. The number of hydrogen-bond donors (Lipinski definition) is 1. The molecule has 0 aliphatic heterocycles. The maximum absolute atomic E-state index is 12.3. The van der Waals surface area contributed by atoms with Gasteiger partial charge in [-0.2, -0.15) is 0 Å². The number of H-pyrrole nitrogens is 1. The van der Waals surface area contributed by atoms with E-state index in [9.17, 15) is 13.2 Å². The zero-order chi connectivity index (χ0) is 18.7. The third kappa shape index (κ3) is 4.67. The monoisotopic (exact) mass is 430 g/mol. The van der Waals surface area contributed by atoms with Gasteiger partial charge in [0.1, 0.15) is 23.9 Å². The molecule has 0 unspecified atom stereocenters. The summed E-state index contributed by atoms with van der Waals surface area (Å²) in [5, 5.41) is 0. The summed E-state index contributed by atoms with van der Waals surface area (Å²) in [6.45, 7) is 0.445. The van der Waals surface area contributed by atoms with Gasteiger partial charge in [-0.3, -0.25) is 0 Å². The van der Waals surface area contributed by atoms with Gasteiger partial charge in [0, 0.05) is 6.07 Å². The molecule has 0 bridgehead atoms. The second-order valence-corrected chi connectivity index (χ2v) is 6.23. The molecule has 5 nitrogen and oxygen atoms in total. The van der Waals surface area contributed by atoms with Gasteiger partial charge in [-0.1, -0.05) is 6.07 Å². The number of aromatic nitrogens is 2. The first kappa shape index (κ1) is 18.5. The van der Waals surface area contributed by atoms with Gasteiger partial charge in [-0.25, -0.2) is 4.98 Å². The lowest BCUT2D eigenvalue weighted by Crippen LogP contribution is -2.17. The van der Waals surface area contributed by atoms with Gasteiger partial charge in [0.2, 0.25) is 0 Å². The minimum absolute atomic E-state index is 0.201. The second kappa shape index (κ2) is 7.55. The Morgan fingerprint density at radius 2 is 1.92 bits per heavy atom. The van der Waals surface area contributed by atoms with Gasteiger partial charge in [0.25, 0.3) is 0 Å². The second-order valence-electron chi connectivity index (χ2n) is 5.37. The average Bonchev–Trinajstić information content (AvgIpc) is 2.98. The van der Waals surface area contributed by atoms with E-state index in [-0.39, 0.29) is 23.4 Å². The van der Waals surface area contributed by atoms with Crippen LogP contribution in [0.2, 0.25) is 0 Å². The molecule has 138 valence electrons. The minimum Gasteiger partial charge on any atom is -0.497 e. The SMILES string of the molecule is COc1ccc2nc(COCc3ccc(OC(F)(F)F)c(Br)c3)[nH]c2c1. The molecule has 9 heteroatoms. The molecule has 3 rings (SSSR count). The lowest BCUT2D eigenvalue weighted by atomic mass is 10.2. The summed E-state index contributed by atoms with van der Waals surface area (Å²) in [5.41, 5.74) is 2.32. The number of alkyl halides is 3. The van der Waals surface area contributed by atoms with Crippen LogP contribution in [0.5, 0.6) is 11.5 Å². The summed E-state index contributed by atoms with van der Waals surface area (Å²) in [7, 11) is 1.59. The summed E-state index contributed by atoms with van der Waals surface area (Å²) >= 11 is 3.06. The van der Waals surface area contributed by atoms with Crippen LogP contribution in [0.25, 0.3) is 11.0 Å². The van der Waals surface area contributed by atoms with Gasteiger partial charge in [0.15, 0.2) is 0 Å². The van der Waals surface area contributed by atoms with Crippen molar-refractivity contribution in [2.75, 3.05) is 7.11 Å². The van der Waals surface area contributed by atoms with Crippen LogP contribution in [0, 0.1) is 0 Å². The molecular weight excluding hydrogens is 417 g/mol. The third-order valence-corrected chi connectivity index (χ3v) is 4.09. The van der Waals surface area contributed by atoms with E-state index < -0.39 is 6.36 Å². The molecule has 0 atom stereocenters. The highest BCUT2D eigenvalue weighted by atomic mass is 79.9. The van der Waals surface area contributed by atoms with Crippen LogP contribution >= 0.6 is 15.9 Å². The lowest BCUT2D eigenvalue weighted by Gasteiger charge is -2.11. The topological polar surface area (TPSA) is 56.4 Å². The molecule has 0 radical (unpaired) electrons. The fourth-order valence-electron chi connectivity index (χ4n) is 2.34. The van der Waals surface area contributed by atoms with Crippen molar-refractivity contribution in [3.63, 3.8) is 0 Å². The quantitative estimate of drug-likeness (QED) is 0.600. The van der Waals surface area contributed by atoms with E-state index in [1.165, 1.54) is 18.2 Å². The molecule has 0 aliphatic carbocycles. The number of ether oxygens (including phenoxy) is 3. The Balaban J connectivity index is 1.60. The minimum atomic E-state index is -4.73. The predicted octanol–water partition coefficient (Wildman–Crippen LogP) is 4.95. The standard InChI is InChI=1S/C17H14BrF3N2O3/c1-24-11-3-4-13-14(7-11)23-16(22-13)9-25-8-10-2-5-15(12(18)6-10)26-17(19,20)21/h2-7H,8-9H2,1H3,(H,22,23). The van der Waals surface area contributed by atoms with Crippen molar-refractivity contribution in [2.45, 2.75) is 19.6 Å². The molecule has 0 spiro atoms. The van der Waals surface area contributed by atoms with Crippen LogP contribution in [0.1, 0.15) is 11.4 Å². The summed E-state index contributed by atoms with van der Waals surface area (Å²) in [5.74, 6) is 1.07. The van der Waals surface area contributed by atoms with E-state index in [0.29, 0.717) is 11.4 Å². The molecule has 0 aliphatic rings. The molecule has 0 saturated heterocycles. The highest BCUT2D eigenvalue weighted by Crippen LogP contribution is 2.31. The molecular formula is C17H14BrF3N2O3. The van der Waals surface area contributed by atoms with Crippen LogP contribution in [-0.2, 0) is 18.0 Å². The normalized spacial score (nSPS) is 11.7. The highest BCUT2D eigenvalue weighted by Gasteiger charge is 2.31. The molecule has 0 fully saturated rings. The summed E-state index contributed by atoms with van der Waals surface area (Å²) in [4.78, 5) is 7.53. The number of halogens is 4. The Bertz CT molecular complexity index is 912. The van der Waals surface area contributed by atoms with Crippen molar-refractivity contribution in [1.82, 2.24) is 9.97 Å². The van der Waals surface area contributed by atoms with E-state index in [4.69, 9.17) is 9.47 Å². The average molecular weight is 431 g/mol. The molecule has 1 N–H and O–H groups in total. The predicted molar refractivity (Wildman–Crippen MR) is 92.0 cm³/mol. The number of benzene rings is 2. The first-order valence-corrected chi connectivity index (χ1v) is 8.28. The van der Waals surface area contributed by atoms with Gasteiger partial charge in [0.05, 0.1) is 29.2 Å². The largest absolute Gasteiger partial charge is 0.573 e. The summed E-state index contributed by atoms with van der Waals surface area (Å²) in [6, 6.07) is 9.76. The number of aromatic amines is 1. The number of nitrogens with one attached hydrogen (secondary N) is 1. The lowest BCUT2D eigenvalue weighted by molar-refractivity contribution is -0.274. The zero-order valence-corrected chi connectivity index (χ0v) is 15.1. The highest BCUT2D eigenvalue weighted by molar-refractivity contribution is 9.10. The first-order chi connectivity index (χ1) is 12.3. The van der Waals surface area contributed by atoms with E-state index >= 15 is 0 Å². The van der Waals surface area contributed by atoms with E-state index in [2.05, 4.69) is 30.6 Å². The van der Waals surface area contributed by atoms with Gasteiger partial charge >= 0.3 is 6.36 Å². The number of hydrogen-bond acceptors (Lipinski definition) is 4. The number of fused-ring (bicyclic) bond motifs is 1. The molecule has 1 heterocycles. The summed E-state index contributed by atoms with van der Waals surface area (Å²) in [6.07, 6.45) is -4.73. The van der Waals surface area contributed by atoms with Crippen molar-refractivity contribution in [2.24, 2.45) is 0 Å². The Labute approximate surface area is 155 Å². The number of nitrogens with zero attached hydrogens (tertiary/aromatic N) is 1. The number of imidazole rings is 1. The first-order valence-electron chi connectivity index (χ1n) is 7.48. The van der Waals surface area contributed by atoms with Gasteiger partial charge < -0.3 is 19.2 Å². The van der Waals surface area contributed by atoms with Gasteiger partial charge in [-0.15, -0.1) is 13.2 Å². The van der Waals surface area contributed by atoms with Crippen LogP contribution in [0.15, 0.2) is 40.9 Å². The van der Waals surface area contributed by atoms with Gasteiger partial charge in [-0.05, 0) is 45.8 Å². The van der Waals surface area contributed by atoms with Crippen LogP contribution in [-0.4, -0.2) is 23.4 Å². The van der Waals surface area contributed by atoms with E-state index in [0.717, 1.165) is 16.8 Å². The third-order valence-electron chi connectivity index (χ3n) is 3.47. The van der Waals surface area contributed by atoms with Crippen molar-refractivity contribution in [1.29, 1.82) is 0 Å².